The Balaban J connectivity index is 2.46. The van der Waals surface area contributed by atoms with Crippen molar-refractivity contribution in [2.45, 2.75) is 32.7 Å². The minimum absolute atomic E-state index is 0.128. The molecule has 1 aliphatic rings. The second-order valence-electron chi connectivity index (χ2n) is 5.59. The summed E-state index contributed by atoms with van der Waals surface area (Å²) in [6.45, 7) is 4.65. The quantitative estimate of drug-likeness (QED) is 0.556. The van der Waals surface area contributed by atoms with Gasteiger partial charge in [-0.25, -0.2) is 8.42 Å². The first-order valence-corrected chi connectivity index (χ1v) is 7.71. The van der Waals surface area contributed by atoms with Gasteiger partial charge in [-0.05, 0) is 26.4 Å². The molecule has 17 heavy (non-hydrogen) atoms. The number of nitrogens with one attached hydrogen (secondary N) is 1. The third-order valence-electron chi connectivity index (χ3n) is 3.65. The zero-order valence-electron chi connectivity index (χ0n) is 10.9. The van der Waals surface area contributed by atoms with Crippen molar-refractivity contribution < 1.29 is 8.42 Å². The van der Waals surface area contributed by atoms with Crippen LogP contribution in [0.5, 0.6) is 0 Å². The SMILES string of the molecule is CN(CCC(C)(C)C(=N)N)C1CCS(=O)(=O)C1. The molecule has 1 saturated heterocycles. The Morgan fingerprint density at radius 1 is 1.53 bits per heavy atom. The molecule has 0 aromatic rings. The third kappa shape index (κ3) is 3.96. The average molecular weight is 261 g/mol. The second-order valence-corrected chi connectivity index (χ2v) is 7.81. The number of sulfone groups is 1. The molecule has 1 atom stereocenters. The third-order valence-corrected chi connectivity index (χ3v) is 5.40. The molecular weight excluding hydrogens is 238 g/mol. The summed E-state index contributed by atoms with van der Waals surface area (Å²) in [4.78, 5) is 2.08. The number of nitrogens with two attached hydrogens (primary N) is 1. The van der Waals surface area contributed by atoms with Crippen molar-refractivity contribution in [2.24, 2.45) is 11.1 Å². The maximum absolute atomic E-state index is 11.4. The van der Waals surface area contributed by atoms with Crippen molar-refractivity contribution in [3.05, 3.63) is 0 Å². The van der Waals surface area contributed by atoms with Crippen LogP contribution < -0.4 is 5.73 Å². The van der Waals surface area contributed by atoms with Gasteiger partial charge in [0.05, 0.1) is 17.3 Å². The van der Waals surface area contributed by atoms with E-state index in [1.165, 1.54) is 0 Å². The van der Waals surface area contributed by atoms with Crippen molar-refractivity contribution in [1.29, 1.82) is 5.41 Å². The lowest BCUT2D eigenvalue weighted by molar-refractivity contribution is 0.235. The van der Waals surface area contributed by atoms with Gasteiger partial charge in [-0.3, -0.25) is 5.41 Å². The number of hydrogen-bond donors (Lipinski definition) is 2. The van der Waals surface area contributed by atoms with E-state index in [2.05, 4.69) is 4.90 Å². The van der Waals surface area contributed by atoms with E-state index in [-0.39, 0.29) is 23.0 Å². The maximum Gasteiger partial charge on any atom is 0.151 e. The molecule has 0 aromatic heterocycles. The predicted octanol–water partition coefficient (Wildman–Crippen LogP) is 0.458. The van der Waals surface area contributed by atoms with Crippen LogP contribution in [0.4, 0.5) is 0 Å². The minimum atomic E-state index is -2.82. The molecule has 0 aromatic carbocycles. The van der Waals surface area contributed by atoms with Gasteiger partial charge in [0.2, 0.25) is 0 Å². The highest BCUT2D eigenvalue weighted by molar-refractivity contribution is 7.91. The summed E-state index contributed by atoms with van der Waals surface area (Å²) in [6, 6.07) is 0.128. The normalized spacial score (nSPS) is 24.1. The van der Waals surface area contributed by atoms with Gasteiger partial charge in [0.1, 0.15) is 0 Å². The molecule has 1 aliphatic heterocycles. The van der Waals surface area contributed by atoms with Gasteiger partial charge in [-0.15, -0.1) is 0 Å². The number of rotatable bonds is 5. The van der Waals surface area contributed by atoms with E-state index in [0.717, 1.165) is 19.4 Å². The number of hydrogen-bond acceptors (Lipinski definition) is 4. The number of amidine groups is 1. The van der Waals surface area contributed by atoms with Crippen molar-refractivity contribution in [3.8, 4) is 0 Å². The Bertz CT molecular complexity index is 390. The van der Waals surface area contributed by atoms with Gasteiger partial charge < -0.3 is 10.6 Å². The van der Waals surface area contributed by atoms with Crippen LogP contribution in [-0.4, -0.2) is 50.3 Å². The molecule has 3 N–H and O–H groups in total. The van der Waals surface area contributed by atoms with Crippen LogP contribution in [-0.2, 0) is 9.84 Å². The first kappa shape index (κ1) is 14.4. The van der Waals surface area contributed by atoms with Crippen LogP contribution in [0.2, 0.25) is 0 Å². The Morgan fingerprint density at radius 3 is 2.53 bits per heavy atom. The Hall–Kier alpha value is -0.620. The van der Waals surface area contributed by atoms with E-state index in [1.54, 1.807) is 0 Å². The van der Waals surface area contributed by atoms with Crippen molar-refractivity contribution in [3.63, 3.8) is 0 Å². The van der Waals surface area contributed by atoms with E-state index in [0.29, 0.717) is 5.75 Å². The lowest BCUT2D eigenvalue weighted by Gasteiger charge is -2.29. The molecule has 1 rings (SSSR count). The highest BCUT2D eigenvalue weighted by Crippen LogP contribution is 2.22. The fraction of sp³-hybridized carbons (Fsp3) is 0.909. The fourth-order valence-electron chi connectivity index (χ4n) is 1.90. The monoisotopic (exact) mass is 261 g/mol. The van der Waals surface area contributed by atoms with E-state index in [9.17, 15) is 8.42 Å². The summed E-state index contributed by atoms with van der Waals surface area (Å²) in [6.07, 6.45) is 1.49. The molecule has 6 heteroatoms. The lowest BCUT2D eigenvalue weighted by atomic mass is 9.88. The summed E-state index contributed by atoms with van der Waals surface area (Å²) in [5.74, 6) is 0.757. The number of nitrogens with zero attached hydrogens (tertiary/aromatic N) is 1. The second kappa shape index (κ2) is 4.94. The zero-order valence-corrected chi connectivity index (χ0v) is 11.7. The van der Waals surface area contributed by atoms with E-state index in [1.807, 2.05) is 20.9 Å². The predicted molar refractivity (Wildman–Crippen MR) is 70.0 cm³/mol. The molecule has 5 nitrogen and oxygen atoms in total. The minimum Gasteiger partial charge on any atom is -0.387 e. The fourth-order valence-corrected chi connectivity index (χ4v) is 3.70. The highest BCUT2D eigenvalue weighted by atomic mass is 32.2. The van der Waals surface area contributed by atoms with Crippen molar-refractivity contribution in [2.75, 3.05) is 25.1 Å². The molecule has 1 heterocycles. The molecule has 0 aliphatic carbocycles. The van der Waals surface area contributed by atoms with Gasteiger partial charge >= 0.3 is 0 Å². The Labute approximate surface area is 104 Å². The van der Waals surface area contributed by atoms with Gasteiger partial charge in [-0.1, -0.05) is 13.8 Å². The molecule has 0 radical (unpaired) electrons. The first-order valence-electron chi connectivity index (χ1n) is 5.89. The smallest absolute Gasteiger partial charge is 0.151 e. The Morgan fingerprint density at radius 2 is 2.12 bits per heavy atom. The summed E-state index contributed by atoms with van der Waals surface area (Å²) in [5.41, 5.74) is 5.21. The van der Waals surface area contributed by atoms with Gasteiger partial charge in [-0.2, -0.15) is 0 Å². The van der Waals surface area contributed by atoms with Gasteiger partial charge in [0.25, 0.3) is 0 Å². The van der Waals surface area contributed by atoms with E-state index in [4.69, 9.17) is 11.1 Å². The molecule has 0 spiro atoms. The van der Waals surface area contributed by atoms with E-state index >= 15 is 0 Å². The molecule has 0 saturated carbocycles. The zero-order chi connectivity index (χ0) is 13.3. The van der Waals surface area contributed by atoms with Crippen LogP contribution in [0, 0.1) is 10.8 Å². The van der Waals surface area contributed by atoms with Crippen LogP contribution in [0.15, 0.2) is 0 Å². The highest BCUT2D eigenvalue weighted by Gasteiger charge is 2.31. The van der Waals surface area contributed by atoms with Crippen LogP contribution >= 0.6 is 0 Å². The summed E-state index contributed by atoms with van der Waals surface area (Å²) in [7, 11) is -0.873. The molecule has 1 unspecified atom stereocenters. The summed E-state index contributed by atoms with van der Waals surface area (Å²) >= 11 is 0. The van der Waals surface area contributed by atoms with Crippen molar-refractivity contribution in [1.82, 2.24) is 4.90 Å². The summed E-state index contributed by atoms with van der Waals surface area (Å²) in [5, 5.41) is 7.48. The molecule has 1 fully saturated rings. The summed E-state index contributed by atoms with van der Waals surface area (Å²) < 4.78 is 22.7. The molecule has 0 bridgehead atoms. The van der Waals surface area contributed by atoms with Gasteiger partial charge in [0.15, 0.2) is 9.84 Å². The average Bonchev–Trinajstić information content (AvgIpc) is 2.55. The van der Waals surface area contributed by atoms with Gasteiger partial charge in [0, 0.05) is 11.5 Å². The Kier molecular flexibility index (Phi) is 4.19. The largest absolute Gasteiger partial charge is 0.387 e. The first-order chi connectivity index (χ1) is 7.64. The van der Waals surface area contributed by atoms with E-state index < -0.39 is 9.84 Å². The molecular formula is C11H23N3O2S. The van der Waals surface area contributed by atoms with Crippen LogP contribution in [0.1, 0.15) is 26.7 Å². The topological polar surface area (TPSA) is 87.2 Å². The van der Waals surface area contributed by atoms with Crippen LogP contribution in [0.25, 0.3) is 0 Å². The molecule has 100 valence electrons. The standard InChI is InChI=1S/C11H23N3O2S/c1-11(2,10(12)13)5-6-14(3)9-4-7-17(15,16)8-9/h9H,4-8H2,1-3H3,(H3,12,13). The molecule has 0 amide bonds. The van der Waals surface area contributed by atoms with Crippen LogP contribution in [0.3, 0.4) is 0 Å². The maximum atomic E-state index is 11.4. The lowest BCUT2D eigenvalue weighted by Crippen LogP contribution is -2.38. The van der Waals surface area contributed by atoms with Crippen molar-refractivity contribution >= 4 is 15.7 Å².